The standard InChI is InChI=1S/C26H24N2O6S/c29-23-21(15-10-16-22-25(31)34-26(35(22,32)33)17-8-3-9-18-26)24(30)28(20-13-6-2-7-14-20)27(23)19-11-4-1-5-12-19/h1-2,4-7,10-16,29H,3,8-9,17-18H2. The molecule has 1 saturated heterocycles. The molecule has 0 unspecified atom stereocenters. The van der Waals surface area contributed by atoms with Gasteiger partial charge >= 0.3 is 5.97 Å². The average molecular weight is 493 g/mol. The number of aromatic hydroxyl groups is 1. The van der Waals surface area contributed by atoms with E-state index in [4.69, 9.17) is 4.74 Å². The summed E-state index contributed by atoms with van der Waals surface area (Å²) in [6.07, 6.45) is 6.56. The number of ether oxygens (including phenoxy) is 1. The van der Waals surface area contributed by atoms with Crippen molar-refractivity contribution in [1.29, 1.82) is 0 Å². The summed E-state index contributed by atoms with van der Waals surface area (Å²) in [5, 5.41) is 11.0. The summed E-state index contributed by atoms with van der Waals surface area (Å²) in [6.45, 7) is 0. The van der Waals surface area contributed by atoms with Gasteiger partial charge in [-0.05, 0) is 49.3 Å². The lowest BCUT2D eigenvalue weighted by molar-refractivity contribution is -0.145. The van der Waals surface area contributed by atoms with Gasteiger partial charge in [-0.15, -0.1) is 0 Å². The predicted molar refractivity (Wildman–Crippen MR) is 131 cm³/mol. The van der Waals surface area contributed by atoms with Crippen LogP contribution in [0.4, 0.5) is 0 Å². The van der Waals surface area contributed by atoms with E-state index in [0.29, 0.717) is 24.2 Å². The minimum absolute atomic E-state index is 0.0503. The van der Waals surface area contributed by atoms with E-state index in [1.807, 2.05) is 12.1 Å². The number of allylic oxidation sites excluding steroid dienone is 2. The highest BCUT2D eigenvalue weighted by atomic mass is 32.2. The quantitative estimate of drug-likeness (QED) is 0.438. The number of aromatic nitrogens is 2. The van der Waals surface area contributed by atoms with Crippen molar-refractivity contribution < 1.29 is 23.1 Å². The van der Waals surface area contributed by atoms with E-state index in [1.54, 1.807) is 48.5 Å². The molecule has 0 bridgehead atoms. The molecule has 3 aromatic rings. The zero-order valence-electron chi connectivity index (χ0n) is 18.8. The van der Waals surface area contributed by atoms with Crippen LogP contribution in [0.25, 0.3) is 17.5 Å². The van der Waals surface area contributed by atoms with Crippen LogP contribution in [0.2, 0.25) is 0 Å². The van der Waals surface area contributed by atoms with E-state index < -0.39 is 31.2 Å². The molecule has 1 saturated carbocycles. The summed E-state index contributed by atoms with van der Waals surface area (Å²) in [5.41, 5.74) is 0.541. The van der Waals surface area contributed by atoms with E-state index in [9.17, 15) is 23.1 Å². The van der Waals surface area contributed by atoms with Gasteiger partial charge in [0.25, 0.3) is 5.56 Å². The first-order valence-electron chi connectivity index (χ1n) is 11.4. The van der Waals surface area contributed by atoms with E-state index in [0.717, 1.165) is 12.5 Å². The van der Waals surface area contributed by atoms with Gasteiger partial charge < -0.3 is 9.84 Å². The molecule has 1 aromatic heterocycles. The molecule has 2 aromatic carbocycles. The third-order valence-corrected chi connectivity index (χ3v) is 8.80. The number of carbonyl (C=O) groups is 1. The van der Waals surface area contributed by atoms with E-state index >= 15 is 0 Å². The average Bonchev–Trinajstić information content (AvgIpc) is 3.22. The molecule has 1 aliphatic carbocycles. The Labute approximate surface area is 202 Å². The molecule has 2 fully saturated rings. The SMILES string of the molecule is O=C1OC2(CCCCC2)S(=O)(=O)C1=CC=Cc1c(O)n(-c2ccccc2)n(-c2ccccc2)c1=O. The zero-order chi connectivity index (χ0) is 24.6. The second-order valence-corrected chi connectivity index (χ2v) is 10.8. The van der Waals surface area contributed by atoms with Crippen molar-refractivity contribution in [1.82, 2.24) is 9.36 Å². The number of carbonyl (C=O) groups excluding carboxylic acids is 1. The first kappa shape index (κ1) is 22.9. The summed E-state index contributed by atoms with van der Waals surface area (Å²) in [7, 11) is -3.98. The number of para-hydroxylation sites is 2. The largest absolute Gasteiger partial charge is 0.493 e. The Bertz CT molecular complexity index is 1490. The number of hydrogen-bond donors (Lipinski definition) is 1. The fourth-order valence-corrected chi connectivity index (χ4v) is 6.63. The van der Waals surface area contributed by atoms with Crippen molar-refractivity contribution in [2.24, 2.45) is 0 Å². The number of rotatable bonds is 4. The molecule has 1 N–H and O–H groups in total. The van der Waals surface area contributed by atoms with Crippen molar-refractivity contribution in [3.8, 4) is 17.3 Å². The maximum Gasteiger partial charge on any atom is 0.351 e. The van der Waals surface area contributed by atoms with Crippen LogP contribution in [-0.2, 0) is 19.4 Å². The molecule has 35 heavy (non-hydrogen) atoms. The molecule has 0 radical (unpaired) electrons. The van der Waals surface area contributed by atoms with Gasteiger partial charge in [0.2, 0.25) is 20.7 Å². The van der Waals surface area contributed by atoms with Crippen molar-refractivity contribution >= 4 is 21.9 Å². The van der Waals surface area contributed by atoms with Crippen molar-refractivity contribution in [3.63, 3.8) is 0 Å². The highest BCUT2D eigenvalue weighted by Crippen LogP contribution is 2.45. The summed E-state index contributed by atoms with van der Waals surface area (Å²) in [4.78, 5) is 23.9. The van der Waals surface area contributed by atoms with Crippen LogP contribution in [0.15, 0.2) is 82.5 Å². The Morgan fingerprint density at radius 1 is 0.857 bits per heavy atom. The third kappa shape index (κ3) is 3.72. The zero-order valence-corrected chi connectivity index (χ0v) is 19.6. The summed E-state index contributed by atoms with van der Waals surface area (Å²) >= 11 is 0. The highest BCUT2D eigenvalue weighted by molar-refractivity contribution is 7.97. The molecule has 8 nitrogen and oxygen atoms in total. The number of benzene rings is 2. The van der Waals surface area contributed by atoms with Gasteiger partial charge in [0.1, 0.15) is 5.56 Å². The molecule has 0 atom stereocenters. The monoisotopic (exact) mass is 492 g/mol. The summed E-state index contributed by atoms with van der Waals surface area (Å²) in [6, 6.07) is 17.7. The van der Waals surface area contributed by atoms with Gasteiger partial charge in [0.15, 0.2) is 4.91 Å². The van der Waals surface area contributed by atoms with Crippen LogP contribution in [0.5, 0.6) is 5.88 Å². The maximum absolute atomic E-state index is 13.3. The lowest BCUT2D eigenvalue weighted by atomic mass is 9.97. The molecule has 1 aliphatic heterocycles. The van der Waals surface area contributed by atoms with Crippen LogP contribution in [-0.4, -0.2) is 33.8 Å². The molecule has 1 spiro atoms. The minimum Gasteiger partial charge on any atom is -0.493 e. The van der Waals surface area contributed by atoms with Gasteiger partial charge in [0.05, 0.1) is 11.4 Å². The maximum atomic E-state index is 13.3. The second-order valence-electron chi connectivity index (χ2n) is 8.59. The van der Waals surface area contributed by atoms with Gasteiger partial charge in [-0.25, -0.2) is 22.6 Å². The highest BCUT2D eigenvalue weighted by Gasteiger charge is 2.57. The van der Waals surface area contributed by atoms with Crippen LogP contribution in [0.3, 0.4) is 0 Å². The third-order valence-electron chi connectivity index (χ3n) is 6.45. The first-order valence-corrected chi connectivity index (χ1v) is 12.9. The molecule has 180 valence electrons. The molecular formula is C26H24N2O6S. The Morgan fingerprint density at radius 3 is 2.03 bits per heavy atom. The lowest BCUT2D eigenvalue weighted by Gasteiger charge is -2.29. The molecular weight excluding hydrogens is 468 g/mol. The van der Waals surface area contributed by atoms with Crippen LogP contribution in [0, 0.1) is 0 Å². The van der Waals surface area contributed by atoms with Gasteiger partial charge in [-0.3, -0.25) is 4.79 Å². The van der Waals surface area contributed by atoms with Gasteiger partial charge in [0, 0.05) is 12.8 Å². The molecule has 5 rings (SSSR count). The molecule has 9 heteroatoms. The lowest BCUT2D eigenvalue weighted by Crippen LogP contribution is -2.38. The van der Waals surface area contributed by atoms with Gasteiger partial charge in [-0.2, -0.15) is 0 Å². The van der Waals surface area contributed by atoms with Crippen LogP contribution < -0.4 is 5.56 Å². The number of hydrogen-bond acceptors (Lipinski definition) is 6. The minimum atomic E-state index is -3.98. The van der Waals surface area contributed by atoms with Crippen LogP contribution >= 0.6 is 0 Å². The molecule has 2 aliphatic rings. The smallest absolute Gasteiger partial charge is 0.351 e. The Balaban J connectivity index is 1.58. The van der Waals surface area contributed by atoms with Gasteiger partial charge in [-0.1, -0.05) is 48.9 Å². The van der Waals surface area contributed by atoms with Crippen molar-refractivity contribution in [2.75, 3.05) is 0 Å². The van der Waals surface area contributed by atoms with Crippen molar-refractivity contribution in [2.45, 2.75) is 37.0 Å². The van der Waals surface area contributed by atoms with E-state index in [-0.39, 0.29) is 24.3 Å². The number of sulfone groups is 1. The first-order chi connectivity index (χ1) is 16.9. The van der Waals surface area contributed by atoms with Crippen molar-refractivity contribution in [3.05, 3.63) is 93.6 Å². The normalized spacial score (nSPS) is 20.0. The Kier molecular flexibility index (Phi) is 5.72. The fraction of sp³-hybridized carbons (Fsp3) is 0.231. The van der Waals surface area contributed by atoms with E-state index in [1.165, 1.54) is 21.5 Å². The fourth-order valence-electron chi connectivity index (χ4n) is 4.70. The molecule has 0 amide bonds. The summed E-state index contributed by atoms with van der Waals surface area (Å²) < 4.78 is 34.3. The summed E-state index contributed by atoms with van der Waals surface area (Å²) in [5.74, 6) is -1.20. The molecule has 2 heterocycles. The predicted octanol–water partition coefficient (Wildman–Crippen LogP) is 3.86. The van der Waals surface area contributed by atoms with E-state index in [2.05, 4.69) is 0 Å². The Hall–Kier alpha value is -3.85. The second kappa shape index (κ2) is 8.74. The Morgan fingerprint density at radius 2 is 1.43 bits per heavy atom. The van der Waals surface area contributed by atoms with Crippen LogP contribution in [0.1, 0.15) is 37.7 Å². The number of nitrogens with zero attached hydrogens (tertiary/aromatic N) is 2. The topological polar surface area (TPSA) is 108 Å². The number of esters is 1.